The number of aromatic amines is 1. The van der Waals surface area contributed by atoms with Crippen molar-refractivity contribution < 1.29 is 4.74 Å². The molecule has 0 saturated heterocycles. The molecule has 102 valence electrons. The van der Waals surface area contributed by atoms with Crippen LogP contribution >= 0.6 is 0 Å². The molecule has 0 radical (unpaired) electrons. The summed E-state index contributed by atoms with van der Waals surface area (Å²) in [4.78, 5) is 11.6. The molecule has 0 aliphatic rings. The molecule has 0 atom stereocenters. The molecule has 0 spiro atoms. The Morgan fingerprint density at radius 1 is 1.37 bits per heavy atom. The van der Waals surface area contributed by atoms with Crippen molar-refractivity contribution in [1.82, 2.24) is 9.78 Å². The van der Waals surface area contributed by atoms with Crippen molar-refractivity contribution in [3.63, 3.8) is 0 Å². The molecule has 0 amide bonds. The van der Waals surface area contributed by atoms with E-state index in [2.05, 4.69) is 12.0 Å². The fourth-order valence-corrected chi connectivity index (χ4v) is 1.82. The van der Waals surface area contributed by atoms with E-state index in [1.807, 2.05) is 24.3 Å². The van der Waals surface area contributed by atoms with E-state index in [9.17, 15) is 4.79 Å². The number of hydrogen-bond acceptors (Lipinski definition) is 3. The van der Waals surface area contributed by atoms with Gasteiger partial charge < -0.3 is 10.5 Å². The number of nitrogens with zero attached hydrogens (tertiary/aromatic N) is 1. The van der Waals surface area contributed by atoms with Gasteiger partial charge in [-0.3, -0.25) is 9.89 Å². The van der Waals surface area contributed by atoms with Crippen molar-refractivity contribution >= 4 is 5.82 Å². The summed E-state index contributed by atoms with van der Waals surface area (Å²) in [5.74, 6) is 1.21. The van der Waals surface area contributed by atoms with Crippen LogP contribution < -0.4 is 16.0 Å². The maximum atomic E-state index is 11.6. The Bertz CT molecular complexity index is 586. The summed E-state index contributed by atoms with van der Waals surface area (Å²) in [5, 5.41) is 2.81. The number of H-pyrrole nitrogens is 1. The monoisotopic (exact) mass is 261 g/mol. The van der Waals surface area contributed by atoms with Crippen LogP contribution in [0, 0.1) is 0 Å². The normalized spacial score (nSPS) is 10.6. The van der Waals surface area contributed by atoms with E-state index in [1.54, 1.807) is 0 Å². The highest BCUT2D eigenvalue weighted by Gasteiger charge is 2.02. The summed E-state index contributed by atoms with van der Waals surface area (Å²) in [6.45, 7) is 3.30. The molecule has 0 bridgehead atoms. The number of unbranched alkanes of at least 4 members (excludes halogenated alkanes) is 1. The third kappa shape index (κ3) is 3.64. The second-order valence-electron chi connectivity index (χ2n) is 4.49. The van der Waals surface area contributed by atoms with E-state index >= 15 is 0 Å². The summed E-state index contributed by atoms with van der Waals surface area (Å²) < 4.78 is 7.11. The number of rotatable bonds is 6. The Hall–Kier alpha value is -2.17. The Morgan fingerprint density at radius 3 is 2.89 bits per heavy atom. The molecule has 19 heavy (non-hydrogen) atoms. The molecular formula is C14H19N3O2. The maximum Gasteiger partial charge on any atom is 0.268 e. The Balaban J connectivity index is 2.06. The third-order valence-corrected chi connectivity index (χ3v) is 2.81. The van der Waals surface area contributed by atoms with Crippen molar-refractivity contribution in [3.05, 3.63) is 46.2 Å². The average Bonchev–Trinajstić information content (AvgIpc) is 2.69. The lowest BCUT2D eigenvalue weighted by Crippen LogP contribution is -2.16. The molecule has 5 heteroatoms. The minimum Gasteiger partial charge on any atom is -0.494 e. The van der Waals surface area contributed by atoms with Crippen molar-refractivity contribution in [1.29, 1.82) is 0 Å². The van der Waals surface area contributed by atoms with Crippen LogP contribution in [-0.2, 0) is 6.54 Å². The van der Waals surface area contributed by atoms with E-state index in [0.29, 0.717) is 12.4 Å². The summed E-state index contributed by atoms with van der Waals surface area (Å²) >= 11 is 0. The van der Waals surface area contributed by atoms with Gasteiger partial charge in [0.05, 0.1) is 13.2 Å². The van der Waals surface area contributed by atoms with Gasteiger partial charge in [-0.05, 0) is 24.1 Å². The molecule has 0 aliphatic carbocycles. The first-order chi connectivity index (χ1) is 9.19. The summed E-state index contributed by atoms with van der Waals surface area (Å²) in [7, 11) is 0. The zero-order chi connectivity index (χ0) is 13.7. The van der Waals surface area contributed by atoms with Crippen LogP contribution in [0.2, 0.25) is 0 Å². The highest BCUT2D eigenvalue weighted by atomic mass is 16.5. The molecule has 2 rings (SSSR count). The van der Waals surface area contributed by atoms with E-state index in [4.69, 9.17) is 10.5 Å². The van der Waals surface area contributed by atoms with Crippen LogP contribution in [0.4, 0.5) is 5.82 Å². The lowest BCUT2D eigenvalue weighted by molar-refractivity contribution is 0.309. The minimum atomic E-state index is -0.130. The molecule has 0 aliphatic heterocycles. The first-order valence-corrected chi connectivity index (χ1v) is 6.46. The van der Waals surface area contributed by atoms with Gasteiger partial charge in [-0.1, -0.05) is 25.5 Å². The third-order valence-electron chi connectivity index (χ3n) is 2.81. The summed E-state index contributed by atoms with van der Waals surface area (Å²) in [5.41, 5.74) is 6.41. The number of benzene rings is 1. The smallest absolute Gasteiger partial charge is 0.268 e. The van der Waals surface area contributed by atoms with E-state index in [-0.39, 0.29) is 5.56 Å². The predicted molar refractivity (Wildman–Crippen MR) is 75.4 cm³/mol. The molecule has 0 unspecified atom stereocenters. The molecule has 1 aromatic carbocycles. The zero-order valence-corrected chi connectivity index (χ0v) is 11.1. The van der Waals surface area contributed by atoms with Crippen LogP contribution in [0.1, 0.15) is 25.3 Å². The molecule has 0 fully saturated rings. The fraction of sp³-hybridized carbons (Fsp3) is 0.357. The van der Waals surface area contributed by atoms with Crippen molar-refractivity contribution in [2.24, 2.45) is 0 Å². The molecule has 1 aromatic heterocycles. The standard InChI is InChI=1S/C14H19N3O2/c1-2-3-7-19-12-6-4-5-11(8-12)10-17-14(18)9-13(15)16-17/h4-6,8-9,16H,2-3,7,10,15H2,1H3. The van der Waals surface area contributed by atoms with Gasteiger partial charge in [0.2, 0.25) is 0 Å². The number of nitrogens with one attached hydrogen (secondary N) is 1. The van der Waals surface area contributed by atoms with Gasteiger partial charge in [0.1, 0.15) is 11.6 Å². The van der Waals surface area contributed by atoms with Gasteiger partial charge in [-0.25, -0.2) is 4.68 Å². The van der Waals surface area contributed by atoms with Crippen LogP contribution in [0.5, 0.6) is 5.75 Å². The molecule has 1 heterocycles. The van der Waals surface area contributed by atoms with Gasteiger partial charge in [0.15, 0.2) is 0 Å². The zero-order valence-electron chi connectivity index (χ0n) is 11.1. The quantitative estimate of drug-likeness (QED) is 0.781. The number of nitrogens with two attached hydrogens (primary N) is 1. The molecule has 5 nitrogen and oxygen atoms in total. The highest BCUT2D eigenvalue weighted by molar-refractivity contribution is 5.29. The van der Waals surface area contributed by atoms with Gasteiger partial charge in [0.25, 0.3) is 5.56 Å². The van der Waals surface area contributed by atoms with Crippen LogP contribution in [-0.4, -0.2) is 16.4 Å². The first kappa shape index (κ1) is 13.3. The number of anilines is 1. The summed E-state index contributed by atoms with van der Waals surface area (Å²) in [6, 6.07) is 9.12. The van der Waals surface area contributed by atoms with Crippen molar-refractivity contribution in [2.75, 3.05) is 12.3 Å². The average molecular weight is 261 g/mol. The molecule has 3 N–H and O–H groups in total. The van der Waals surface area contributed by atoms with E-state index in [0.717, 1.165) is 30.8 Å². The topological polar surface area (TPSA) is 73.0 Å². The Kier molecular flexibility index (Phi) is 4.28. The second-order valence-corrected chi connectivity index (χ2v) is 4.49. The van der Waals surface area contributed by atoms with Crippen molar-refractivity contribution in [3.8, 4) is 5.75 Å². The number of aromatic nitrogens is 2. The lowest BCUT2D eigenvalue weighted by Gasteiger charge is -2.07. The van der Waals surface area contributed by atoms with Crippen LogP contribution in [0.15, 0.2) is 35.1 Å². The SMILES string of the molecule is CCCCOc1cccc(Cn2[nH]c(N)cc2=O)c1. The predicted octanol–water partition coefficient (Wildman–Crippen LogP) is 1.99. The minimum absolute atomic E-state index is 0.130. The molecule has 0 saturated carbocycles. The molecule has 2 aromatic rings. The second kappa shape index (κ2) is 6.13. The fourth-order valence-electron chi connectivity index (χ4n) is 1.82. The largest absolute Gasteiger partial charge is 0.494 e. The first-order valence-electron chi connectivity index (χ1n) is 6.46. The van der Waals surface area contributed by atoms with E-state index < -0.39 is 0 Å². The van der Waals surface area contributed by atoms with Gasteiger partial charge >= 0.3 is 0 Å². The number of hydrogen-bond donors (Lipinski definition) is 2. The number of ether oxygens (including phenoxy) is 1. The van der Waals surface area contributed by atoms with Crippen LogP contribution in [0.25, 0.3) is 0 Å². The van der Waals surface area contributed by atoms with Crippen molar-refractivity contribution in [2.45, 2.75) is 26.3 Å². The number of nitrogen functional groups attached to an aromatic ring is 1. The highest BCUT2D eigenvalue weighted by Crippen LogP contribution is 2.14. The van der Waals surface area contributed by atoms with Crippen LogP contribution in [0.3, 0.4) is 0 Å². The maximum absolute atomic E-state index is 11.6. The van der Waals surface area contributed by atoms with E-state index in [1.165, 1.54) is 10.7 Å². The van der Waals surface area contributed by atoms with Gasteiger partial charge in [0, 0.05) is 6.07 Å². The molecular weight excluding hydrogens is 242 g/mol. The van der Waals surface area contributed by atoms with Gasteiger partial charge in [-0.2, -0.15) is 0 Å². The Labute approximate surface area is 112 Å². The lowest BCUT2D eigenvalue weighted by atomic mass is 10.2. The Morgan fingerprint density at radius 2 is 2.21 bits per heavy atom. The van der Waals surface area contributed by atoms with Gasteiger partial charge in [-0.15, -0.1) is 0 Å². The summed E-state index contributed by atoms with van der Waals surface area (Å²) in [6.07, 6.45) is 2.15.